The van der Waals surface area contributed by atoms with E-state index in [0.717, 1.165) is 52.5 Å². The van der Waals surface area contributed by atoms with E-state index in [2.05, 4.69) is 182 Å². The summed E-state index contributed by atoms with van der Waals surface area (Å²) in [5, 5.41) is 132. The van der Waals surface area contributed by atoms with Gasteiger partial charge in [0.25, 0.3) is 34.4 Å². The van der Waals surface area contributed by atoms with Crippen LogP contribution >= 0.6 is 41.3 Å². The molecule has 3 unspecified atom stereocenters. The first-order valence-corrected chi connectivity index (χ1v) is 64.2. The molecule has 45 heteroatoms. The van der Waals surface area contributed by atoms with Gasteiger partial charge in [0.2, 0.25) is 0 Å². The van der Waals surface area contributed by atoms with Gasteiger partial charge in [-0.25, -0.2) is 14.4 Å². The Morgan fingerprint density at radius 1 is 0.381 bits per heavy atom. The minimum atomic E-state index is -1.47. The van der Waals surface area contributed by atoms with E-state index >= 15 is 0 Å². The smallest absolute Gasteiger partial charge is 0.330 e. The zero-order valence-corrected chi connectivity index (χ0v) is 88.5. The van der Waals surface area contributed by atoms with Crippen molar-refractivity contribution in [1.29, 1.82) is 0 Å². The number of allylic oxidation sites excluding steroid dienone is 2. The topological polar surface area (TPSA) is 560 Å². The van der Waals surface area contributed by atoms with Crippen LogP contribution in [0.25, 0.3) is 0 Å². The van der Waals surface area contributed by atoms with Crippen LogP contribution in [0.5, 0.6) is 0 Å². The van der Waals surface area contributed by atoms with Gasteiger partial charge in [0, 0.05) is 72.1 Å². The second-order valence-corrected chi connectivity index (χ2v) is 67.4. The second-order valence-electron chi connectivity index (χ2n) is 41.4. The third kappa shape index (κ3) is 32.7. The third-order valence-electron chi connectivity index (χ3n) is 24.6. The van der Waals surface area contributed by atoms with Crippen molar-refractivity contribution in [3.05, 3.63) is 197 Å². The largest absolute Gasteiger partial charge is 0.388 e. The van der Waals surface area contributed by atoms with Crippen molar-refractivity contribution in [1.82, 2.24) is 59.3 Å². The molecule has 139 heavy (non-hydrogen) atoms. The zero-order chi connectivity index (χ0) is 105. The average Bonchev–Trinajstić information content (AvgIpc) is 1.09. The highest BCUT2D eigenvalue weighted by Crippen LogP contribution is 2.48. The summed E-state index contributed by atoms with van der Waals surface area (Å²) in [6.07, 6.45) is 32.7. The van der Waals surface area contributed by atoms with Gasteiger partial charge in [-0.2, -0.15) is 0 Å². The molecule has 3 amide bonds. The van der Waals surface area contributed by atoms with Crippen molar-refractivity contribution in [3.63, 3.8) is 0 Å². The van der Waals surface area contributed by atoms with Gasteiger partial charge in [0.1, 0.15) is 89.7 Å². The van der Waals surface area contributed by atoms with E-state index in [9.17, 15) is 104 Å². The number of aryl methyl sites for hydroxylation is 2. The van der Waals surface area contributed by atoms with E-state index in [1.165, 1.54) is 88.5 Å². The van der Waals surface area contributed by atoms with E-state index in [1.54, 1.807) is 19.1 Å². The lowest BCUT2D eigenvalue weighted by Gasteiger charge is -2.37. The van der Waals surface area contributed by atoms with Gasteiger partial charge in [-0.05, 0) is 202 Å². The fourth-order valence-corrected chi connectivity index (χ4v) is 22.1. The quantitative estimate of drug-likeness (QED) is 0.0321. The Hall–Kier alpha value is -7.15. The average molecular weight is 2070 g/mol. The molecule has 0 bridgehead atoms. The van der Waals surface area contributed by atoms with E-state index in [1.807, 2.05) is 6.92 Å². The van der Waals surface area contributed by atoms with Crippen molar-refractivity contribution < 1.29 is 104 Å². The minimum absolute atomic E-state index is 0.277. The lowest BCUT2D eigenvalue weighted by Crippen LogP contribution is -2.53. The van der Waals surface area contributed by atoms with Crippen LogP contribution in [0.1, 0.15) is 114 Å². The van der Waals surface area contributed by atoms with Gasteiger partial charge in [-0.3, -0.25) is 57.4 Å². The molecule has 0 radical (unpaired) electrons. The highest BCUT2D eigenvalue weighted by molar-refractivity contribution is 7.73. The molecule has 9 aliphatic heterocycles. The van der Waals surface area contributed by atoms with Crippen LogP contribution in [0.4, 0.5) is 0 Å². The molecule has 6 saturated heterocycles. The van der Waals surface area contributed by atoms with Gasteiger partial charge >= 0.3 is 17.1 Å². The molecule has 12 heterocycles. The van der Waals surface area contributed by atoms with Crippen molar-refractivity contribution in [3.8, 4) is 0 Å². The molecule has 6 fully saturated rings. The maximum Gasteiger partial charge on any atom is 0.330 e. The number of rotatable bonds is 31. The third-order valence-corrected chi connectivity index (χ3v) is 33.4. The summed E-state index contributed by atoms with van der Waals surface area (Å²) in [7, 11) is 0. The number of ether oxygens (including phenoxy) is 6. The number of aliphatic hydroxyl groups is 12. The van der Waals surface area contributed by atoms with Gasteiger partial charge in [-0.15, -0.1) is 92.3 Å². The summed E-state index contributed by atoms with van der Waals surface area (Å²) < 4.78 is 38.4. The maximum absolute atomic E-state index is 12.1. The Morgan fingerprint density at radius 2 is 0.676 bits per heavy atom. The number of H-pyrrole nitrogens is 3. The number of hydrogen-bond acceptors (Lipinski definition) is 30. The van der Waals surface area contributed by atoms with E-state index in [0.29, 0.717) is 91.9 Å². The lowest BCUT2D eigenvalue weighted by atomic mass is 9.94. The standard InChI is InChI=1S/C17H27N2O5P.C16H27N2O5P.C16H25N2O5P.3C15H25N2O4P/c1-5-6-7-11-10-19(17(23)18-15(11)22)16-14(21)13(20)12(24-16)8-9-25(2,3)4;2*1-5-6-10-9-18(16(22)17-14(10)21)15-13(20)12(19)11(23-15)7-8-24(2,3)4;2*1-10-16-12(18)6-8-17(10)14-15(2,20)13(19)11(21-14)7-9-22(3,4)5;1-10-16-11(18)6-8-17(10)14-12(19)13(20)15(2,21-14)7-9-22(3,4)5/h5,10,12-14,16,20-21H,1-2,6-9H2,3-4H3,(H,18,22,23);9,11-13,15,19-20H,2,5-8H2,1,3-4H3,(H,17,21,22);5,9,11-13,15,19-20H,1-2,6-8H2,3-4H3,(H,17,21,22);2*6,8,11,13-14,19-20H,1,3,7,9H2,2,4-5H3,(H,16,18);6,8,12-14,19-20H,1,3,7,9H2,2,4-5H3,(H,16,18)/t12-,13-,14-,16?;2*11-,12-,13-,15?;11-,13-,14-,15+;11-,13-,14-,15-;12-,13+,14-,15-/m111111/s1. The molecular formula is C94H154N12O27P6. The number of aliphatic hydroxyl groups excluding tert-OH is 10. The Kier molecular flexibility index (Phi) is 41.6. The minimum Gasteiger partial charge on any atom is -0.388 e. The number of nitrogens with one attached hydrogen (secondary N) is 6. The van der Waals surface area contributed by atoms with E-state index < -0.39 is 221 Å². The van der Waals surface area contributed by atoms with Gasteiger partial charge in [0.05, 0.1) is 36.1 Å². The number of amides is 3. The molecule has 39 nitrogen and oxygen atoms in total. The normalized spacial score (nSPS) is 31.3. The molecule has 0 aliphatic carbocycles. The molecule has 12 rings (SSSR count). The Bertz CT molecular complexity index is 5590. The van der Waals surface area contributed by atoms with Gasteiger partial charge in [0.15, 0.2) is 37.4 Å². The molecular weight excluding hydrogens is 1910 g/mol. The monoisotopic (exact) mass is 2070 g/mol. The van der Waals surface area contributed by atoms with Gasteiger partial charge < -0.3 is 120 Å². The fourth-order valence-electron chi connectivity index (χ4n) is 16.3. The summed E-state index contributed by atoms with van der Waals surface area (Å²) in [6.45, 7) is 42.9. The first-order chi connectivity index (χ1) is 64.0. The van der Waals surface area contributed by atoms with E-state index in [4.69, 9.17) is 28.4 Å². The van der Waals surface area contributed by atoms with Crippen molar-refractivity contribution in [2.24, 2.45) is 0 Å². The summed E-state index contributed by atoms with van der Waals surface area (Å²) in [5.41, 5.74) is -5.99. The van der Waals surface area contributed by atoms with Crippen LogP contribution in [-0.2, 0) is 62.1 Å². The van der Waals surface area contributed by atoms with Gasteiger partial charge in [-0.1, -0.05) is 45.2 Å². The molecule has 24 atom stereocenters. The number of hydrogen-bond donors (Lipinski definition) is 18. The molecule has 782 valence electrons. The maximum atomic E-state index is 12.1. The highest BCUT2D eigenvalue weighted by Gasteiger charge is 2.58. The van der Waals surface area contributed by atoms with Crippen LogP contribution in [0.3, 0.4) is 0 Å². The first kappa shape index (κ1) is 119. The Balaban J connectivity index is 0.000000227. The first-order valence-electron chi connectivity index (χ1n) is 45.9. The highest BCUT2D eigenvalue weighted by atomic mass is 31.2. The number of nitrogens with zero attached hydrogens (tertiary/aromatic N) is 6. The van der Waals surface area contributed by atoms with Crippen LogP contribution < -0.4 is 49.7 Å². The fraction of sp³-hybridized carbons (Fsp3) is 0.606. The summed E-state index contributed by atoms with van der Waals surface area (Å²) in [5.74, 6) is 0.115. The summed E-state index contributed by atoms with van der Waals surface area (Å²) in [6, 6.07) is 0. The molecule has 3 aromatic rings. The number of carbonyl (C=O) groups excluding carboxylic acids is 3. The van der Waals surface area contributed by atoms with Crippen LogP contribution in [-0.4, -0.2) is 404 Å². The van der Waals surface area contributed by atoms with Crippen molar-refractivity contribution in [2.45, 2.75) is 244 Å². The molecule has 0 spiro atoms. The summed E-state index contributed by atoms with van der Waals surface area (Å²) in [4.78, 5) is 117. The van der Waals surface area contributed by atoms with E-state index in [-0.39, 0.29) is 24.1 Å². The number of carbonyl (C=O) groups is 3. The van der Waals surface area contributed by atoms with Crippen molar-refractivity contribution >= 4 is 96.8 Å². The summed E-state index contributed by atoms with van der Waals surface area (Å²) >= 11 is 0. The van der Waals surface area contributed by atoms with Crippen LogP contribution in [0.2, 0.25) is 0 Å². The number of aromatic amines is 3. The lowest BCUT2D eigenvalue weighted by molar-refractivity contribution is -0.124. The van der Waals surface area contributed by atoms with Crippen LogP contribution in [0.15, 0.2) is 147 Å². The molecule has 18 N–H and O–H groups in total. The van der Waals surface area contributed by atoms with Crippen LogP contribution in [0, 0.1) is 0 Å². The molecule has 0 aromatic carbocycles. The molecule has 9 aliphatic rings. The number of aromatic nitrogens is 6. The SMILES string of the molecule is C=C1NC(=O)C=CN1[C@@H]1O[C@H](CCP(=C)(C)C)[C@@H](O)[C@@]1(C)O.C=C1NC(=O)C=CN1[C@@H]1O[C@H](CCP(=C)(C)C)[C@@H](O)[C@]1(C)O.C=C1NC(=O)C=CN1[C@@H]1O[C@](C)(CCP(=C)(C)C)[C@@H](O)[C@H]1O.C=CCCc1cn(C2O[C@H](CCP(=C)(C)C)[C@@H](O)[C@H]2O)c(=O)[nH]c1=O.C=CCc1cn(C2O[C@H](CCP(=C)(C)C)[C@@H](O)[C@H]2O)c(=O)[nH]c1=O.C=P(C)(C)CC[C@H]1OC(n2cc(CCC)c(=O)[nH]c2=O)[C@H](O)[C@@H]1O. The molecule has 0 saturated carbocycles. The molecule has 3 aromatic heterocycles. The predicted octanol–water partition coefficient (Wildman–Crippen LogP) is 1.58. The zero-order valence-electron chi connectivity index (χ0n) is 83.1. The Morgan fingerprint density at radius 3 is 0.971 bits per heavy atom. The van der Waals surface area contributed by atoms with Crippen molar-refractivity contribution in [2.75, 3.05) is 117 Å². The Labute approximate surface area is 814 Å². The second kappa shape index (κ2) is 48.7. The predicted molar refractivity (Wildman–Crippen MR) is 561 cm³/mol.